The Bertz CT molecular complexity index is 967. The van der Waals surface area contributed by atoms with Gasteiger partial charge >= 0.3 is 0 Å². The minimum Gasteiger partial charge on any atom is -0.365 e. The monoisotopic (exact) mass is 413 g/mol. The second-order valence-electron chi connectivity index (χ2n) is 9.74. The molecule has 0 spiro atoms. The van der Waals surface area contributed by atoms with Crippen molar-refractivity contribution in [2.45, 2.75) is 78.6 Å². The lowest BCUT2D eigenvalue weighted by Crippen LogP contribution is -2.33. The summed E-state index contributed by atoms with van der Waals surface area (Å²) >= 11 is 0. The zero-order valence-electron chi connectivity index (χ0n) is 19.9. The van der Waals surface area contributed by atoms with Crippen molar-refractivity contribution >= 4 is 5.57 Å². The first-order valence-corrected chi connectivity index (χ1v) is 11.9. The van der Waals surface area contributed by atoms with E-state index in [4.69, 9.17) is 6.42 Å². The van der Waals surface area contributed by atoms with Gasteiger partial charge in [0.1, 0.15) is 0 Å². The maximum Gasteiger partial charge on any atom is 0.0271 e. The molecule has 164 valence electrons. The topological polar surface area (TPSA) is 15.8 Å². The molecule has 0 aliphatic heterocycles. The van der Waals surface area contributed by atoms with Crippen molar-refractivity contribution in [3.05, 3.63) is 77.1 Å². The standard InChI is InChI=1S/C30H39N/c1-7-11-25(29-18-19-31-23(29)5)12-10-13-28-17-16-27(21-30(28,6)9-3)26-15-14-24(8-2)22(4)20-26/h2,7,11,14-15,18-20,27-28,31H,1,9-10,12-13,16-17,21H2,3-6H3/b25-11-/t27?,28-,30+/m1/s1. The van der Waals surface area contributed by atoms with Gasteiger partial charge in [-0.2, -0.15) is 0 Å². The molecule has 31 heavy (non-hydrogen) atoms. The van der Waals surface area contributed by atoms with Gasteiger partial charge in [0.15, 0.2) is 0 Å². The summed E-state index contributed by atoms with van der Waals surface area (Å²) in [5, 5.41) is 0. The van der Waals surface area contributed by atoms with Crippen LogP contribution in [0.15, 0.2) is 49.2 Å². The van der Waals surface area contributed by atoms with Gasteiger partial charge in [-0.25, -0.2) is 0 Å². The third-order valence-corrected chi connectivity index (χ3v) is 7.86. The van der Waals surface area contributed by atoms with Gasteiger partial charge in [0, 0.05) is 17.5 Å². The molecule has 0 bridgehead atoms. The smallest absolute Gasteiger partial charge is 0.0271 e. The number of aromatic amines is 1. The van der Waals surface area contributed by atoms with Crippen LogP contribution in [-0.4, -0.2) is 4.98 Å². The molecule has 0 saturated heterocycles. The van der Waals surface area contributed by atoms with Crippen molar-refractivity contribution in [2.75, 3.05) is 0 Å². The van der Waals surface area contributed by atoms with Crippen molar-refractivity contribution in [1.29, 1.82) is 0 Å². The highest BCUT2D eigenvalue weighted by molar-refractivity contribution is 5.68. The number of aryl methyl sites for hydroxylation is 2. The van der Waals surface area contributed by atoms with Crippen LogP contribution in [0.2, 0.25) is 0 Å². The molecule has 1 fully saturated rings. The molecule has 1 heteroatoms. The Kier molecular flexibility index (Phi) is 7.66. The second-order valence-corrected chi connectivity index (χ2v) is 9.74. The number of aromatic nitrogens is 1. The molecule has 1 unspecified atom stereocenters. The Morgan fingerprint density at radius 2 is 2.10 bits per heavy atom. The Labute approximate surface area is 190 Å². The first-order chi connectivity index (χ1) is 14.9. The Morgan fingerprint density at radius 1 is 1.29 bits per heavy atom. The molecule has 1 aromatic heterocycles. The normalized spacial score (nSPS) is 24.0. The molecule has 2 aromatic rings. The van der Waals surface area contributed by atoms with Crippen LogP contribution in [0.5, 0.6) is 0 Å². The van der Waals surface area contributed by atoms with Crippen LogP contribution < -0.4 is 0 Å². The largest absolute Gasteiger partial charge is 0.365 e. The van der Waals surface area contributed by atoms with E-state index in [0.717, 1.165) is 17.9 Å². The van der Waals surface area contributed by atoms with Crippen LogP contribution in [0.4, 0.5) is 0 Å². The fourth-order valence-electron chi connectivity index (χ4n) is 5.69. The van der Waals surface area contributed by atoms with Crippen LogP contribution in [0.3, 0.4) is 0 Å². The molecule has 1 saturated carbocycles. The summed E-state index contributed by atoms with van der Waals surface area (Å²) < 4.78 is 0. The molecule has 1 aliphatic carbocycles. The lowest BCUT2D eigenvalue weighted by molar-refractivity contribution is 0.0866. The number of hydrogen-bond donors (Lipinski definition) is 1. The fraction of sp³-hybridized carbons (Fsp3) is 0.467. The van der Waals surface area contributed by atoms with Crippen molar-refractivity contribution in [3.63, 3.8) is 0 Å². The summed E-state index contributed by atoms with van der Waals surface area (Å²) in [5.41, 5.74) is 8.15. The number of allylic oxidation sites excluding steroid dienone is 3. The van der Waals surface area contributed by atoms with Gasteiger partial charge in [-0.3, -0.25) is 0 Å². The highest BCUT2D eigenvalue weighted by atomic mass is 14.7. The minimum absolute atomic E-state index is 0.411. The molecule has 1 nitrogen and oxygen atoms in total. The van der Waals surface area contributed by atoms with Crippen molar-refractivity contribution in [1.82, 2.24) is 4.98 Å². The molecule has 1 heterocycles. The molecule has 1 aliphatic rings. The van der Waals surface area contributed by atoms with Gasteiger partial charge in [-0.15, -0.1) is 6.42 Å². The van der Waals surface area contributed by atoms with E-state index in [9.17, 15) is 0 Å². The van der Waals surface area contributed by atoms with E-state index in [1.807, 2.05) is 12.3 Å². The Morgan fingerprint density at radius 3 is 2.71 bits per heavy atom. The van der Waals surface area contributed by atoms with Crippen molar-refractivity contribution in [2.24, 2.45) is 11.3 Å². The highest BCUT2D eigenvalue weighted by Crippen LogP contribution is 2.51. The van der Waals surface area contributed by atoms with E-state index >= 15 is 0 Å². The minimum atomic E-state index is 0.411. The quantitative estimate of drug-likeness (QED) is 0.330. The molecule has 1 aromatic carbocycles. The molecule has 0 radical (unpaired) electrons. The first kappa shape index (κ1) is 23.2. The molecule has 0 amide bonds. The third kappa shape index (κ3) is 5.24. The number of terminal acetylenes is 1. The van der Waals surface area contributed by atoms with E-state index in [1.165, 1.54) is 66.5 Å². The molecule has 3 atom stereocenters. The summed E-state index contributed by atoms with van der Waals surface area (Å²) in [6.45, 7) is 13.1. The second kappa shape index (κ2) is 10.2. The lowest BCUT2D eigenvalue weighted by atomic mass is 9.60. The molecule has 3 rings (SSSR count). The van der Waals surface area contributed by atoms with Gasteiger partial charge in [-0.05, 0) is 104 Å². The maximum atomic E-state index is 5.63. The number of rotatable bonds is 8. The first-order valence-electron chi connectivity index (χ1n) is 11.9. The van der Waals surface area contributed by atoms with E-state index < -0.39 is 0 Å². The summed E-state index contributed by atoms with van der Waals surface area (Å²) in [6.07, 6.45) is 20.6. The zero-order chi connectivity index (χ0) is 22.4. The van der Waals surface area contributed by atoms with E-state index in [1.54, 1.807) is 0 Å². The zero-order valence-corrected chi connectivity index (χ0v) is 19.9. The van der Waals surface area contributed by atoms with Gasteiger partial charge in [0.05, 0.1) is 0 Å². The number of benzene rings is 1. The Hall–Kier alpha value is -2.46. The van der Waals surface area contributed by atoms with Crippen molar-refractivity contribution < 1.29 is 0 Å². The van der Waals surface area contributed by atoms with Crippen LogP contribution >= 0.6 is 0 Å². The molecule has 1 N–H and O–H groups in total. The van der Waals surface area contributed by atoms with Crippen LogP contribution in [0.1, 0.15) is 92.7 Å². The van der Waals surface area contributed by atoms with Crippen LogP contribution in [-0.2, 0) is 0 Å². The van der Waals surface area contributed by atoms with Gasteiger partial charge < -0.3 is 4.98 Å². The average molecular weight is 414 g/mol. The third-order valence-electron chi connectivity index (χ3n) is 7.86. The van der Waals surface area contributed by atoms with Gasteiger partial charge in [0.25, 0.3) is 0 Å². The van der Waals surface area contributed by atoms with Gasteiger partial charge in [0.2, 0.25) is 0 Å². The number of nitrogens with one attached hydrogen (secondary N) is 1. The van der Waals surface area contributed by atoms with E-state index in [-0.39, 0.29) is 0 Å². The van der Waals surface area contributed by atoms with Crippen LogP contribution in [0, 0.1) is 37.5 Å². The van der Waals surface area contributed by atoms with E-state index in [2.05, 4.69) is 75.5 Å². The predicted octanol–water partition coefficient (Wildman–Crippen LogP) is 8.35. The molecular weight excluding hydrogens is 374 g/mol. The summed E-state index contributed by atoms with van der Waals surface area (Å²) in [7, 11) is 0. The lowest BCUT2D eigenvalue weighted by Gasteiger charge is -2.45. The van der Waals surface area contributed by atoms with E-state index in [0.29, 0.717) is 11.3 Å². The number of H-pyrrole nitrogens is 1. The van der Waals surface area contributed by atoms with Gasteiger partial charge in [-0.1, -0.05) is 57.1 Å². The summed E-state index contributed by atoms with van der Waals surface area (Å²) in [6, 6.07) is 8.94. The predicted molar refractivity (Wildman–Crippen MR) is 135 cm³/mol. The SMILES string of the molecule is C#Cc1ccc(C2CC[C@@H](CCC/C(=C/C=C)c3cc[nH]c3C)[C@@](C)(CC)C2)cc1C. The number of hydrogen-bond acceptors (Lipinski definition) is 0. The fourth-order valence-corrected chi connectivity index (χ4v) is 5.69. The average Bonchev–Trinajstić information content (AvgIpc) is 3.19. The maximum absolute atomic E-state index is 5.63. The summed E-state index contributed by atoms with van der Waals surface area (Å²) in [5.74, 6) is 4.26. The Balaban J connectivity index is 1.65. The van der Waals surface area contributed by atoms with Crippen molar-refractivity contribution in [3.8, 4) is 12.3 Å². The molecular formula is C30H39N. The summed E-state index contributed by atoms with van der Waals surface area (Å²) in [4.78, 5) is 3.32. The van der Waals surface area contributed by atoms with Crippen LogP contribution in [0.25, 0.3) is 5.57 Å². The highest BCUT2D eigenvalue weighted by Gasteiger charge is 2.39.